The number of hydrogen-bond acceptors (Lipinski definition) is 2. The molecule has 1 fully saturated rings. The highest BCUT2D eigenvalue weighted by Crippen LogP contribution is 2.29. The Morgan fingerprint density at radius 1 is 1.35 bits per heavy atom. The molecule has 1 aliphatic carbocycles. The zero-order chi connectivity index (χ0) is 12.3. The van der Waals surface area contributed by atoms with Crippen LogP contribution in [0.15, 0.2) is 29.2 Å². The molecule has 0 saturated heterocycles. The normalized spacial score (nSPS) is 26.7. The molecule has 2 rings (SSSR count). The van der Waals surface area contributed by atoms with Gasteiger partial charge in [-0.2, -0.15) is 0 Å². The molecule has 4 heteroatoms. The lowest BCUT2D eigenvalue weighted by Crippen LogP contribution is -2.35. The van der Waals surface area contributed by atoms with Crippen LogP contribution in [0.5, 0.6) is 0 Å². The van der Waals surface area contributed by atoms with Crippen molar-refractivity contribution in [3.8, 4) is 0 Å². The lowest BCUT2D eigenvalue weighted by atomic mass is 9.95. The Hall–Kier alpha value is -0.380. The van der Waals surface area contributed by atoms with Crippen molar-refractivity contribution in [1.82, 2.24) is 5.32 Å². The van der Waals surface area contributed by atoms with Crippen LogP contribution >= 0.6 is 11.6 Å². The molecule has 3 unspecified atom stereocenters. The van der Waals surface area contributed by atoms with Crippen molar-refractivity contribution in [1.29, 1.82) is 0 Å². The summed E-state index contributed by atoms with van der Waals surface area (Å²) in [6.45, 7) is 0. The van der Waals surface area contributed by atoms with Crippen molar-refractivity contribution in [3.05, 3.63) is 29.3 Å². The molecule has 1 saturated carbocycles. The van der Waals surface area contributed by atoms with Crippen LogP contribution in [0.1, 0.15) is 25.7 Å². The zero-order valence-corrected chi connectivity index (χ0v) is 11.6. The number of hydrogen-bond donors (Lipinski definition) is 1. The van der Waals surface area contributed by atoms with Gasteiger partial charge in [-0.15, -0.1) is 0 Å². The van der Waals surface area contributed by atoms with E-state index in [0.29, 0.717) is 11.1 Å². The molecule has 0 amide bonds. The highest BCUT2D eigenvalue weighted by Gasteiger charge is 2.27. The van der Waals surface area contributed by atoms with Crippen molar-refractivity contribution in [2.75, 3.05) is 7.05 Å². The number of rotatable bonds is 3. The van der Waals surface area contributed by atoms with Gasteiger partial charge in [0.2, 0.25) is 0 Å². The van der Waals surface area contributed by atoms with Gasteiger partial charge < -0.3 is 5.32 Å². The summed E-state index contributed by atoms with van der Waals surface area (Å²) in [6, 6.07) is 7.96. The molecule has 2 nitrogen and oxygen atoms in total. The molecule has 1 N–H and O–H groups in total. The van der Waals surface area contributed by atoms with Crippen molar-refractivity contribution < 1.29 is 4.21 Å². The quantitative estimate of drug-likeness (QED) is 0.916. The summed E-state index contributed by atoms with van der Waals surface area (Å²) in [5, 5.41) is 4.15. The predicted octanol–water partition coefficient (Wildman–Crippen LogP) is 2.98. The highest BCUT2D eigenvalue weighted by atomic mass is 35.5. The van der Waals surface area contributed by atoms with E-state index in [1.807, 2.05) is 31.3 Å². The van der Waals surface area contributed by atoms with E-state index in [1.165, 1.54) is 6.42 Å². The van der Waals surface area contributed by atoms with Crippen LogP contribution in [0.25, 0.3) is 0 Å². The van der Waals surface area contributed by atoms with E-state index < -0.39 is 10.8 Å². The Labute approximate surface area is 110 Å². The molecule has 0 aromatic heterocycles. The van der Waals surface area contributed by atoms with E-state index in [4.69, 9.17) is 11.6 Å². The SMILES string of the molecule is CNC1CCCC(S(=O)c2ccccc2Cl)C1. The Balaban J connectivity index is 2.12. The van der Waals surface area contributed by atoms with Gasteiger partial charge in [-0.25, -0.2) is 0 Å². The maximum Gasteiger partial charge on any atom is 0.0577 e. The van der Waals surface area contributed by atoms with Crippen LogP contribution in [-0.2, 0) is 10.8 Å². The van der Waals surface area contributed by atoms with E-state index in [-0.39, 0.29) is 5.25 Å². The minimum atomic E-state index is -0.976. The van der Waals surface area contributed by atoms with E-state index in [0.717, 1.165) is 24.2 Å². The average Bonchev–Trinajstić information content (AvgIpc) is 2.38. The first-order chi connectivity index (χ1) is 8.22. The summed E-state index contributed by atoms with van der Waals surface area (Å²) in [5.74, 6) is 0. The Morgan fingerprint density at radius 2 is 2.12 bits per heavy atom. The van der Waals surface area contributed by atoms with E-state index in [1.54, 1.807) is 0 Å². The predicted molar refractivity (Wildman–Crippen MR) is 73.0 cm³/mol. The fourth-order valence-electron chi connectivity index (χ4n) is 2.39. The molecule has 94 valence electrons. The van der Waals surface area contributed by atoms with Crippen LogP contribution < -0.4 is 5.32 Å². The molecule has 1 aromatic carbocycles. The standard InChI is InChI=1S/C13H18ClNOS/c1-15-10-5-4-6-11(9-10)17(16)13-8-3-2-7-12(13)14/h2-3,7-8,10-11,15H,4-6,9H2,1H3. The number of benzene rings is 1. The van der Waals surface area contributed by atoms with E-state index in [9.17, 15) is 4.21 Å². The number of halogens is 1. The van der Waals surface area contributed by atoms with Crippen LogP contribution in [0, 0.1) is 0 Å². The Kier molecular flexibility index (Phi) is 4.60. The van der Waals surface area contributed by atoms with Gasteiger partial charge in [0, 0.05) is 11.3 Å². The minimum absolute atomic E-state index is 0.237. The van der Waals surface area contributed by atoms with Gasteiger partial charge in [-0.05, 0) is 38.4 Å². The largest absolute Gasteiger partial charge is 0.317 e. The summed E-state index contributed by atoms with van der Waals surface area (Å²) in [4.78, 5) is 0.788. The van der Waals surface area contributed by atoms with Crippen molar-refractivity contribution in [2.45, 2.75) is 41.9 Å². The smallest absolute Gasteiger partial charge is 0.0577 e. The van der Waals surface area contributed by atoms with Gasteiger partial charge in [-0.1, -0.05) is 30.2 Å². The molecule has 0 radical (unpaired) electrons. The maximum atomic E-state index is 12.5. The van der Waals surface area contributed by atoms with Crippen LogP contribution in [-0.4, -0.2) is 22.5 Å². The van der Waals surface area contributed by atoms with Gasteiger partial charge in [0.1, 0.15) is 0 Å². The Bertz CT molecular complexity index is 410. The second-order valence-corrected chi connectivity index (χ2v) is 6.61. The third kappa shape index (κ3) is 3.09. The van der Waals surface area contributed by atoms with Crippen molar-refractivity contribution >= 4 is 22.4 Å². The second kappa shape index (κ2) is 5.98. The molecular weight excluding hydrogens is 254 g/mol. The minimum Gasteiger partial charge on any atom is -0.317 e. The van der Waals surface area contributed by atoms with Crippen LogP contribution in [0.2, 0.25) is 5.02 Å². The van der Waals surface area contributed by atoms with Gasteiger partial charge in [0.15, 0.2) is 0 Å². The molecule has 17 heavy (non-hydrogen) atoms. The van der Waals surface area contributed by atoms with Gasteiger partial charge in [-0.3, -0.25) is 4.21 Å². The molecular formula is C13H18ClNOS. The molecule has 0 heterocycles. The average molecular weight is 272 g/mol. The van der Waals surface area contributed by atoms with Crippen LogP contribution in [0.4, 0.5) is 0 Å². The zero-order valence-electron chi connectivity index (χ0n) is 9.99. The second-order valence-electron chi connectivity index (χ2n) is 4.50. The topological polar surface area (TPSA) is 29.1 Å². The summed E-state index contributed by atoms with van der Waals surface area (Å²) in [6.07, 6.45) is 4.35. The molecule has 3 atom stereocenters. The molecule has 0 bridgehead atoms. The summed E-state index contributed by atoms with van der Waals surface area (Å²) in [5.41, 5.74) is 0. The van der Waals surface area contributed by atoms with Crippen molar-refractivity contribution in [3.63, 3.8) is 0 Å². The van der Waals surface area contributed by atoms with E-state index in [2.05, 4.69) is 5.32 Å². The van der Waals surface area contributed by atoms with E-state index >= 15 is 0 Å². The van der Waals surface area contributed by atoms with Gasteiger partial charge in [0.05, 0.1) is 20.7 Å². The summed E-state index contributed by atoms with van der Waals surface area (Å²) >= 11 is 6.10. The first-order valence-electron chi connectivity index (χ1n) is 6.04. The number of nitrogens with one attached hydrogen (secondary N) is 1. The molecule has 0 aliphatic heterocycles. The third-order valence-electron chi connectivity index (χ3n) is 3.39. The van der Waals surface area contributed by atoms with Crippen LogP contribution in [0.3, 0.4) is 0 Å². The van der Waals surface area contributed by atoms with Crippen molar-refractivity contribution in [2.24, 2.45) is 0 Å². The van der Waals surface area contributed by atoms with Gasteiger partial charge in [0.25, 0.3) is 0 Å². The summed E-state index contributed by atoms with van der Waals surface area (Å²) < 4.78 is 12.5. The fraction of sp³-hybridized carbons (Fsp3) is 0.538. The highest BCUT2D eigenvalue weighted by molar-refractivity contribution is 7.85. The lowest BCUT2D eigenvalue weighted by Gasteiger charge is -2.28. The Morgan fingerprint density at radius 3 is 2.82 bits per heavy atom. The molecule has 0 spiro atoms. The lowest BCUT2D eigenvalue weighted by molar-refractivity contribution is 0.398. The molecule has 1 aromatic rings. The molecule has 1 aliphatic rings. The fourth-order valence-corrected chi connectivity index (χ4v) is 4.37. The van der Waals surface area contributed by atoms with Gasteiger partial charge >= 0.3 is 0 Å². The monoisotopic (exact) mass is 271 g/mol. The maximum absolute atomic E-state index is 12.5. The third-order valence-corrected chi connectivity index (χ3v) is 5.66. The summed E-state index contributed by atoms with van der Waals surface area (Å²) in [7, 11) is 1.00. The first-order valence-corrected chi connectivity index (χ1v) is 7.64. The first kappa shape index (κ1) is 13.1.